The Balaban J connectivity index is 1.69. The van der Waals surface area contributed by atoms with Crippen LogP contribution in [0.1, 0.15) is 20.8 Å². The molecule has 1 aliphatic rings. The van der Waals surface area contributed by atoms with Crippen molar-refractivity contribution in [3.63, 3.8) is 0 Å². The molecule has 7 N–H and O–H groups in total. The summed E-state index contributed by atoms with van der Waals surface area (Å²) in [5.74, 6) is -1.97. The van der Waals surface area contributed by atoms with E-state index in [2.05, 4.69) is 10.3 Å². The molecule has 1 amide bonds. The first-order chi connectivity index (χ1) is 15.8. The van der Waals surface area contributed by atoms with Gasteiger partial charge in [0, 0.05) is 10.9 Å². The maximum atomic E-state index is 13.1. The minimum absolute atomic E-state index is 0.0276. The van der Waals surface area contributed by atoms with Gasteiger partial charge in [0.2, 0.25) is 6.29 Å². The number of hydrogen-bond acceptors (Lipinski definition) is 8. The number of aliphatic hydroxyl groups excluding tert-OH is 4. The minimum atomic E-state index is -1.68. The van der Waals surface area contributed by atoms with Gasteiger partial charge >= 0.3 is 5.97 Å². The van der Waals surface area contributed by atoms with Crippen molar-refractivity contribution in [3.8, 4) is 5.75 Å². The zero-order valence-electron chi connectivity index (χ0n) is 17.1. The third-order valence-corrected chi connectivity index (χ3v) is 5.37. The molecule has 1 aliphatic heterocycles. The van der Waals surface area contributed by atoms with Crippen molar-refractivity contribution in [1.29, 1.82) is 0 Å². The smallest absolute Gasteiger partial charge is 0.337 e. The van der Waals surface area contributed by atoms with E-state index in [4.69, 9.17) is 9.47 Å². The highest BCUT2D eigenvalue weighted by molar-refractivity contribution is 6.11. The number of aromatic nitrogens is 1. The number of aromatic carboxylic acids is 1. The Labute approximate surface area is 186 Å². The number of para-hydroxylation sites is 2. The van der Waals surface area contributed by atoms with E-state index in [0.29, 0.717) is 10.9 Å². The number of rotatable bonds is 6. The molecule has 3 unspecified atom stereocenters. The summed E-state index contributed by atoms with van der Waals surface area (Å²) in [7, 11) is 0. The Morgan fingerprint density at radius 3 is 2.42 bits per heavy atom. The van der Waals surface area contributed by atoms with Gasteiger partial charge in [-0.15, -0.1) is 0 Å². The standard InChI is InChI=1S/C22H22N2O9/c25-9-14-16(26)17(27)18(28)22(32-14)33-19-10-5-1-3-7-12(10)23-15(19)20(29)24-13-8-4-2-6-11(13)21(30)31/h1-8,14,16-18,22-23,25-28H,9H2,(H,24,29)(H,30,31)/t14?,16-,17?,18?,22+/m1/s1. The average Bonchev–Trinajstić information content (AvgIpc) is 3.18. The van der Waals surface area contributed by atoms with Crippen LogP contribution in [-0.4, -0.2) is 79.7 Å². The normalized spacial score (nSPS) is 25.0. The molecule has 3 aromatic rings. The SMILES string of the molecule is O=C(O)c1ccccc1NC(=O)c1[nH]c2ccccc2c1O[C@@H]1OC(CO)[C@@H](O)C(O)C1O. The number of ether oxygens (including phenoxy) is 2. The van der Waals surface area contributed by atoms with Crippen LogP contribution in [0.3, 0.4) is 0 Å². The maximum Gasteiger partial charge on any atom is 0.337 e. The van der Waals surface area contributed by atoms with Crippen molar-refractivity contribution < 1.29 is 44.6 Å². The largest absolute Gasteiger partial charge is 0.478 e. The van der Waals surface area contributed by atoms with E-state index < -0.39 is 49.2 Å². The van der Waals surface area contributed by atoms with Crippen LogP contribution < -0.4 is 10.1 Å². The molecule has 0 radical (unpaired) electrons. The topological polar surface area (TPSA) is 182 Å². The van der Waals surface area contributed by atoms with Crippen LogP contribution >= 0.6 is 0 Å². The van der Waals surface area contributed by atoms with E-state index in [0.717, 1.165) is 0 Å². The molecule has 11 heteroatoms. The van der Waals surface area contributed by atoms with Gasteiger partial charge < -0.3 is 45.3 Å². The van der Waals surface area contributed by atoms with Crippen molar-refractivity contribution >= 4 is 28.5 Å². The van der Waals surface area contributed by atoms with Crippen molar-refractivity contribution in [2.24, 2.45) is 0 Å². The Morgan fingerprint density at radius 2 is 1.70 bits per heavy atom. The molecule has 174 valence electrons. The first-order valence-electron chi connectivity index (χ1n) is 10.0. The lowest BCUT2D eigenvalue weighted by atomic mass is 9.99. The van der Waals surface area contributed by atoms with Gasteiger partial charge in [-0.1, -0.05) is 24.3 Å². The summed E-state index contributed by atoms with van der Waals surface area (Å²) in [6, 6.07) is 12.6. The van der Waals surface area contributed by atoms with E-state index in [-0.39, 0.29) is 22.7 Å². The monoisotopic (exact) mass is 458 g/mol. The van der Waals surface area contributed by atoms with Gasteiger partial charge in [0.25, 0.3) is 5.91 Å². The number of carbonyl (C=O) groups excluding carboxylic acids is 1. The Morgan fingerprint density at radius 1 is 1.00 bits per heavy atom. The van der Waals surface area contributed by atoms with Crippen molar-refractivity contribution in [2.75, 3.05) is 11.9 Å². The molecule has 0 bridgehead atoms. The fourth-order valence-corrected chi connectivity index (χ4v) is 3.64. The maximum absolute atomic E-state index is 13.1. The Hall–Kier alpha value is -3.48. The van der Waals surface area contributed by atoms with E-state index in [1.807, 2.05) is 0 Å². The summed E-state index contributed by atoms with van der Waals surface area (Å²) in [5, 5.41) is 52.1. The number of fused-ring (bicyclic) bond motifs is 1. The zero-order valence-corrected chi connectivity index (χ0v) is 17.1. The molecule has 11 nitrogen and oxygen atoms in total. The second-order valence-corrected chi connectivity index (χ2v) is 7.49. The van der Waals surface area contributed by atoms with Gasteiger partial charge in [-0.05, 0) is 24.3 Å². The molecular formula is C22H22N2O9. The molecule has 2 aromatic carbocycles. The number of hydrogen-bond donors (Lipinski definition) is 7. The third-order valence-electron chi connectivity index (χ3n) is 5.37. The summed E-state index contributed by atoms with van der Waals surface area (Å²) in [6.45, 7) is -0.641. The summed E-state index contributed by atoms with van der Waals surface area (Å²) >= 11 is 0. The molecule has 1 fully saturated rings. The van der Waals surface area contributed by atoms with Gasteiger partial charge in [0.15, 0.2) is 5.75 Å². The van der Waals surface area contributed by atoms with E-state index in [1.54, 1.807) is 30.3 Å². The van der Waals surface area contributed by atoms with E-state index in [9.17, 15) is 35.1 Å². The third kappa shape index (κ3) is 4.27. The van der Waals surface area contributed by atoms with Crippen molar-refractivity contribution in [2.45, 2.75) is 30.7 Å². The van der Waals surface area contributed by atoms with Crippen LogP contribution in [0.25, 0.3) is 10.9 Å². The number of aliphatic hydroxyl groups is 4. The second kappa shape index (κ2) is 9.17. The highest BCUT2D eigenvalue weighted by Crippen LogP contribution is 2.34. The highest BCUT2D eigenvalue weighted by Gasteiger charge is 2.45. The van der Waals surface area contributed by atoms with Gasteiger partial charge in [-0.3, -0.25) is 4.79 Å². The molecule has 33 heavy (non-hydrogen) atoms. The Bertz CT molecular complexity index is 1180. The first-order valence-corrected chi connectivity index (χ1v) is 10.0. The van der Waals surface area contributed by atoms with Crippen LogP contribution in [0.2, 0.25) is 0 Å². The van der Waals surface area contributed by atoms with Gasteiger partial charge in [0.05, 0.1) is 17.9 Å². The fraction of sp³-hybridized carbons (Fsp3) is 0.273. The number of aromatic amines is 1. The van der Waals surface area contributed by atoms with Crippen molar-refractivity contribution in [3.05, 3.63) is 59.8 Å². The lowest BCUT2D eigenvalue weighted by molar-refractivity contribution is -0.277. The van der Waals surface area contributed by atoms with Crippen LogP contribution in [0, 0.1) is 0 Å². The van der Waals surface area contributed by atoms with Crippen LogP contribution in [-0.2, 0) is 4.74 Å². The molecule has 0 aliphatic carbocycles. The van der Waals surface area contributed by atoms with Crippen molar-refractivity contribution in [1.82, 2.24) is 4.98 Å². The molecular weight excluding hydrogens is 436 g/mol. The predicted octanol–water partition coefficient (Wildman–Crippen LogP) is 0.297. The second-order valence-electron chi connectivity index (χ2n) is 7.49. The van der Waals surface area contributed by atoms with E-state index in [1.165, 1.54) is 18.2 Å². The molecule has 2 heterocycles. The fourth-order valence-electron chi connectivity index (χ4n) is 3.64. The number of nitrogens with one attached hydrogen (secondary N) is 2. The van der Waals surface area contributed by atoms with Gasteiger partial charge in [-0.2, -0.15) is 0 Å². The van der Waals surface area contributed by atoms with Crippen LogP contribution in [0.15, 0.2) is 48.5 Å². The zero-order chi connectivity index (χ0) is 23.7. The van der Waals surface area contributed by atoms with E-state index >= 15 is 0 Å². The molecule has 1 saturated heterocycles. The summed E-state index contributed by atoms with van der Waals surface area (Å²) < 4.78 is 11.2. The summed E-state index contributed by atoms with van der Waals surface area (Å²) in [6.07, 6.45) is -7.62. The number of carboxylic acid groups (broad SMARTS) is 1. The molecule has 5 atom stereocenters. The quantitative estimate of drug-likeness (QED) is 0.273. The number of carboxylic acids is 1. The lowest BCUT2D eigenvalue weighted by Gasteiger charge is -2.39. The number of carbonyl (C=O) groups is 2. The first kappa shape index (κ1) is 22.7. The Kier molecular flexibility index (Phi) is 6.31. The number of benzene rings is 2. The number of H-pyrrole nitrogens is 1. The van der Waals surface area contributed by atoms with Gasteiger partial charge in [-0.25, -0.2) is 4.79 Å². The molecule has 0 saturated carbocycles. The van der Waals surface area contributed by atoms with Gasteiger partial charge in [0.1, 0.15) is 30.1 Å². The minimum Gasteiger partial charge on any atom is -0.478 e. The van der Waals surface area contributed by atoms with Crippen LogP contribution in [0.5, 0.6) is 5.75 Å². The highest BCUT2D eigenvalue weighted by atomic mass is 16.7. The molecule has 0 spiro atoms. The summed E-state index contributed by atoms with van der Waals surface area (Å²) in [5.41, 5.74) is 0.368. The molecule has 1 aromatic heterocycles. The van der Waals surface area contributed by atoms with Crippen LogP contribution in [0.4, 0.5) is 5.69 Å². The predicted molar refractivity (Wildman–Crippen MR) is 114 cm³/mol. The number of anilines is 1. The summed E-state index contributed by atoms with van der Waals surface area (Å²) in [4.78, 5) is 27.5. The number of amides is 1. The average molecular weight is 458 g/mol. The molecule has 4 rings (SSSR count). The lowest BCUT2D eigenvalue weighted by Crippen LogP contribution is -2.60.